The lowest BCUT2D eigenvalue weighted by molar-refractivity contribution is -0.162. The maximum atomic E-state index is 13.9. The van der Waals surface area contributed by atoms with E-state index in [0.717, 1.165) is 0 Å². The molecular formula is C28H27FN2O8. The van der Waals surface area contributed by atoms with Gasteiger partial charge in [-0.25, -0.2) is 4.39 Å². The van der Waals surface area contributed by atoms with Crippen LogP contribution in [0.5, 0.6) is 5.75 Å². The van der Waals surface area contributed by atoms with Crippen LogP contribution in [0.25, 0.3) is 11.1 Å². The fraction of sp³-hybridized carbons (Fsp3) is 0.321. The number of likely N-dealkylation sites (N-methyl/N-ethyl adjacent to an activating group) is 1. The molecule has 0 spiro atoms. The third kappa shape index (κ3) is 3.40. The zero-order valence-electron chi connectivity index (χ0n) is 21.2. The van der Waals surface area contributed by atoms with Crippen molar-refractivity contribution in [1.29, 1.82) is 0 Å². The molecule has 3 aliphatic carbocycles. The number of hydrogen-bond donors (Lipinski definition) is 6. The summed E-state index contributed by atoms with van der Waals surface area (Å²) in [5, 5.41) is 56.5. The first-order chi connectivity index (χ1) is 18.2. The molecule has 2 aromatic carbocycles. The molecule has 0 bridgehead atoms. The molecule has 0 unspecified atom stereocenters. The first-order valence-corrected chi connectivity index (χ1v) is 12.2. The molecule has 0 fully saturated rings. The van der Waals surface area contributed by atoms with Gasteiger partial charge in [0.2, 0.25) is 5.78 Å². The normalized spacial score (nSPS) is 30.3. The summed E-state index contributed by atoms with van der Waals surface area (Å²) < 4.78 is 13.6. The molecule has 0 radical (unpaired) electrons. The number of fused-ring (bicyclic) bond motifs is 3. The molecule has 204 valence electrons. The summed E-state index contributed by atoms with van der Waals surface area (Å²) in [5.41, 5.74) is 2.00. The average molecular weight is 539 g/mol. The minimum absolute atomic E-state index is 0.211. The predicted molar refractivity (Wildman–Crippen MR) is 135 cm³/mol. The Labute approximate surface area is 222 Å². The van der Waals surface area contributed by atoms with Crippen molar-refractivity contribution in [3.63, 3.8) is 0 Å². The van der Waals surface area contributed by atoms with E-state index in [-0.39, 0.29) is 5.56 Å². The number of Topliss-reactive ketones (excluding diaryl/α,β-unsaturated/α-hetero) is 2. The Bertz CT molecular complexity index is 1510. The second-order valence-corrected chi connectivity index (χ2v) is 10.5. The summed E-state index contributed by atoms with van der Waals surface area (Å²) in [7, 11) is 2.93. The molecule has 5 rings (SSSR count). The lowest BCUT2D eigenvalue weighted by atomic mass is 9.55. The minimum Gasteiger partial charge on any atom is -0.510 e. The van der Waals surface area contributed by atoms with Crippen LogP contribution in [0, 0.1) is 17.7 Å². The number of amides is 1. The highest BCUT2D eigenvalue weighted by Crippen LogP contribution is 2.56. The number of phenolic OH excluding ortho intramolecular Hbond substituents is 1. The number of halogens is 1. The van der Waals surface area contributed by atoms with Crippen LogP contribution in [0.2, 0.25) is 0 Å². The van der Waals surface area contributed by atoms with Crippen molar-refractivity contribution in [2.75, 3.05) is 14.1 Å². The number of carbonyl (C=O) groups is 3. The Morgan fingerprint density at radius 1 is 1.05 bits per heavy atom. The van der Waals surface area contributed by atoms with E-state index in [1.165, 1.54) is 49.3 Å². The number of aromatic hydroxyl groups is 1. The fourth-order valence-corrected chi connectivity index (χ4v) is 6.58. The van der Waals surface area contributed by atoms with Crippen molar-refractivity contribution >= 4 is 17.5 Å². The van der Waals surface area contributed by atoms with Gasteiger partial charge in [-0.05, 0) is 54.9 Å². The van der Waals surface area contributed by atoms with Crippen molar-refractivity contribution in [3.8, 4) is 16.9 Å². The highest BCUT2D eigenvalue weighted by atomic mass is 19.1. The lowest BCUT2D eigenvalue weighted by Crippen LogP contribution is -2.68. The standard InChI is InChI=1S/C28H27FN2O8/c1-10-15-13(11-4-6-12(29)7-5-11)8-9-14(32)17(15)22(33)18-16(10)23(34)20-21(31(2)3)24(35)19(27(30)38)26(37)28(20,39)25(18)36/h4-10,16,20-21,23,32,34-36,39H,1-3H3,(H2,30,38)/t10-,16-,20-,21+,23+,28+/m0/s1. The molecule has 0 saturated carbocycles. The van der Waals surface area contributed by atoms with E-state index in [0.29, 0.717) is 16.7 Å². The molecule has 0 aromatic heterocycles. The van der Waals surface area contributed by atoms with Crippen LogP contribution in [0.1, 0.15) is 28.8 Å². The largest absolute Gasteiger partial charge is 0.510 e. The molecule has 11 heteroatoms. The third-order valence-electron chi connectivity index (χ3n) is 8.26. The summed E-state index contributed by atoms with van der Waals surface area (Å²) in [6.07, 6.45) is -1.70. The number of carbonyl (C=O) groups excluding carboxylic acids is 3. The molecule has 2 aromatic rings. The number of ketones is 2. The molecule has 0 saturated heterocycles. The van der Waals surface area contributed by atoms with Gasteiger partial charge in [-0.3, -0.25) is 19.3 Å². The van der Waals surface area contributed by atoms with Gasteiger partial charge in [0.05, 0.1) is 23.6 Å². The number of aliphatic hydroxyl groups excluding tert-OH is 3. The molecular weight excluding hydrogens is 511 g/mol. The SMILES string of the molecule is C[C@H]1c2c(-c3ccc(F)cc3)ccc(O)c2C(=O)C2=C(O)[C@@]3(O)C(=O)C(C(N)=O)=C(O)[C@H](N(C)C)[C@H]3[C@H](O)[C@H]21. The zero-order chi connectivity index (χ0) is 28.7. The van der Waals surface area contributed by atoms with Crippen LogP contribution < -0.4 is 5.73 Å². The van der Waals surface area contributed by atoms with Gasteiger partial charge in [-0.2, -0.15) is 0 Å². The average Bonchev–Trinajstić information content (AvgIpc) is 2.86. The van der Waals surface area contributed by atoms with Crippen LogP contribution in [-0.4, -0.2) is 79.7 Å². The summed E-state index contributed by atoms with van der Waals surface area (Å²) in [4.78, 5) is 40.8. The highest BCUT2D eigenvalue weighted by molar-refractivity contribution is 6.25. The number of nitrogens with zero attached hydrogens (tertiary/aromatic N) is 1. The van der Waals surface area contributed by atoms with Gasteiger partial charge in [0.25, 0.3) is 5.91 Å². The number of phenols is 1. The summed E-state index contributed by atoms with van der Waals surface area (Å²) in [6, 6.07) is 6.91. The van der Waals surface area contributed by atoms with E-state index in [9.17, 15) is 44.3 Å². The smallest absolute Gasteiger partial charge is 0.255 e. The van der Waals surface area contributed by atoms with Gasteiger partial charge in [-0.1, -0.05) is 25.1 Å². The fourth-order valence-electron chi connectivity index (χ4n) is 6.58. The van der Waals surface area contributed by atoms with E-state index in [1.807, 2.05) is 0 Å². The highest BCUT2D eigenvalue weighted by Gasteiger charge is 2.67. The number of hydrogen-bond acceptors (Lipinski definition) is 9. The van der Waals surface area contributed by atoms with Gasteiger partial charge in [0.15, 0.2) is 11.4 Å². The van der Waals surface area contributed by atoms with E-state index in [4.69, 9.17) is 5.73 Å². The summed E-state index contributed by atoms with van der Waals surface area (Å²) in [6.45, 7) is 1.64. The maximum absolute atomic E-state index is 13.9. The van der Waals surface area contributed by atoms with E-state index in [1.54, 1.807) is 13.0 Å². The summed E-state index contributed by atoms with van der Waals surface area (Å²) >= 11 is 0. The number of primary amides is 1. The van der Waals surface area contributed by atoms with Crippen molar-refractivity contribution < 1.29 is 44.3 Å². The van der Waals surface area contributed by atoms with Crippen molar-refractivity contribution in [1.82, 2.24) is 4.90 Å². The van der Waals surface area contributed by atoms with Gasteiger partial charge in [0, 0.05) is 11.5 Å². The first-order valence-electron chi connectivity index (χ1n) is 12.2. The van der Waals surface area contributed by atoms with Gasteiger partial charge in [0.1, 0.15) is 28.7 Å². The Hall–Kier alpha value is -4.06. The van der Waals surface area contributed by atoms with Crippen LogP contribution in [0.15, 0.2) is 59.1 Å². The Morgan fingerprint density at radius 3 is 2.23 bits per heavy atom. The molecule has 0 heterocycles. The Balaban J connectivity index is 1.81. The third-order valence-corrected chi connectivity index (χ3v) is 8.26. The van der Waals surface area contributed by atoms with Crippen LogP contribution in [0.4, 0.5) is 4.39 Å². The van der Waals surface area contributed by atoms with Crippen molar-refractivity contribution in [2.24, 2.45) is 17.6 Å². The minimum atomic E-state index is -2.98. The van der Waals surface area contributed by atoms with Crippen molar-refractivity contribution in [2.45, 2.75) is 30.6 Å². The summed E-state index contributed by atoms with van der Waals surface area (Å²) in [5.74, 6) is -10.1. The molecule has 7 N–H and O–H groups in total. The second kappa shape index (κ2) is 8.73. The van der Waals surface area contributed by atoms with Gasteiger partial charge in [-0.15, -0.1) is 0 Å². The molecule has 10 nitrogen and oxygen atoms in total. The molecule has 39 heavy (non-hydrogen) atoms. The molecule has 6 atom stereocenters. The first kappa shape index (κ1) is 26.5. The Morgan fingerprint density at radius 2 is 1.67 bits per heavy atom. The number of rotatable bonds is 3. The topological polar surface area (TPSA) is 182 Å². The number of nitrogens with two attached hydrogens (primary N) is 1. The zero-order valence-corrected chi connectivity index (χ0v) is 21.2. The molecule has 3 aliphatic rings. The quantitative estimate of drug-likeness (QED) is 0.315. The number of benzene rings is 2. The van der Waals surface area contributed by atoms with E-state index >= 15 is 0 Å². The Kier molecular flexibility index (Phi) is 5.94. The molecule has 1 amide bonds. The monoisotopic (exact) mass is 538 g/mol. The van der Waals surface area contributed by atoms with Crippen LogP contribution >= 0.6 is 0 Å². The maximum Gasteiger partial charge on any atom is 0.255 e. The van der Waals surface area contributed by atoms with Crippen molar-refractivity contribution in [3.05, 3.63) is 76.0 Å². The van der Waals surface area contributed by atoms with Gasteiger partial charge < -0.3 is 31.3 Å². The van der Waals surface area contributed by atoms with Crippen LogP contribution in [-0.2, 0) is 9.59 Å². The van der Waals surface area contributed by atoms with E-state index < -0.39 is 87.2 Å². The number of aliphatic hydroxyl groups is 4. The predicted octanol–water partition coefficient (Wildman–Crippen LogP) is 1.46. The molecule has 0 aliphatic heterocycles. The van der Waals surface area contributed by atoms with Gasteiger partial charge >= 0.3 is 0 Å². The lowest BCUT2D eigenvalue weighted by Gasteiger charge is -2.53. The van der Waals surface area contributed by atoms with E-state index in [2.05, 4.69) is 0 Å². The second-order valence-electron chi connectivity index (χ2n) is 10.5. The van der Waals surface area contributed by atoms with Crippen LogP contribution in [0.3, 0.4) is 0 Å².